The average molecular weight is 233 g/mol. The molecule has 0 aliphatic carbocycles. The number of alkyl halides is 2. The van der Waals surface area contributed by atoms with Crippen LogP contribution in [0.25, 0.3) is 0 Å². The molecule has 0 fully saturated rings. The van der Waals surface area contributed by atoms with Crippen molar-refractivity contribution in [1.82, 2.24) is 5.32 Å². The minimum atomic E-state index is -2.29. The minimum Gasteiger partial charge on any atom is -0.306 e. The predicted octanol–water partition coefficient (Wildman–Crippen LogP) is 3.23. The highest BCUT2D eigenvalue weighted by atomic mass is 32.1. The lowest BCUT2D eigenvalue weighted by atomic mass is 10.2. The fourth-order valence-electron chi connectivity index (χ4n) is 1.48. The molecule has 0 saturated carbocycles. The van der Waals surface area contributed by atoms with E-state index >= 15 is 0 Å². The molecule has 1 aromatic heterocycles. The Morgan fingerprint density at radius 1 is 1.33 bits per heavy atom. The number of hydrogen-bond acceptors (Lipinski definition) is 2. The molecule has 1 N–H and O–H groups in total. The highest BCUT2D eigenvalue weighted by Crippen LogP contribution is 2.17. The van der Waals surface area contributed by atoms with E-state index in [1.54, 1.807) is 11.3 Å². The third-order valence-corrected chi connectivity index (χ3v) is 3.25. The number of thiophene rings is 1. The highest BCUT2D eigenvalue weighted by Gasteiger charge is 2.16. The number of aryl methyl sites for hydroxylation is 1. The van der Waals surface area contributed by atoms with Crippen molar-refractivity contribution in [3.8, 4) is 0 Å². The summed E-state index contributed by atoms with van der Waals surface area (Å²) in [6.45, 7) is 5.50. The molecule has 1 rings (SSSR count). The Morgan fingerprint density at radius 2 is 2.00 bits per heavy atom. The zero-order valence-electron chi connectivity index (χ0n) is 9.26. The van der Waals surface area contributed by atoms with Gasteiger partial charge in [0, 0.05) is 15.8 Å². The molecule has 1 heterocycles. The van der Waals surface area contributed by atoms with E-state index in [1.165, 1.54) is 16.7 Å². The SMILES string of the molecule is Cc1ccc(CC(C)NC(C)C(F)F)s1. The van der Waals surface area contributed by atoms with E-state index in [-0.39, 0.29) is 6.04 Å². The van der Waals surface area contributed by atoms with Crippen molar-refractivity contribution in [2.24, 2.45) is 0 Å². The van der Waals surface area contributed by atoms with Crippen molar-refractivity contribution in [2.75, 3.05) is 0 Å². The minimum absolute atomic E-state index is 0.0899. The van der Waals surface area contributed by atoms with Crippen LogP contribution in [-0.2, 0) is 6.42 Å². The monoisotopic (exact) mass is 233 g/mol. The van der Waals surface area contributed by atoms with Gasteiger partial charge in [-0.15, -0.1) is 11.3 Å². The van der Waals surface area contributed by atoms with E-state index in [0.29, 0.717) is 0 Å². The fourth-order valence-corrected chi connectivity index (χ4v) is 2.50. The number of halogens is 2. The molecule has 4 heteroatoms. The summed E-state index contributed by atoms with van der Waals surface area (Å²) < 4.78 is 24.5. The van der Waals surface area contributed by atoms with E-state index in [2.05, 4.69) is 17.4 Å². The summed E-state index contributed by atoms with van der Waals surface area (Å²) in [6.07, 6.45) is -1.48. The second kappa shape index (κ2) is 5.56. The first-order valence-corrected chi connectivity index (χ1v) is 5.90. The van der Waals surface area contributed by atoms with Gasteiger partial charge in [0.2, 0.25) is 0 Å². The van der Waals surface area contributed by atoms with E-state index in [0.717, 1.165) is 6.42 Å². The lowest BCUT2D eigenvalue weighted by Gasteiger charge is -2.18. The molecule has 0 amide bonds. The summed E-state index contributed by atoms with van der Waals surface area (Å²) in [6, 6.07) is 3.47. The first kappa shape index (κ1) is 12.6. The third kappa shape index (κ3) is 4.26. The fraction of sp³-hybridized carbons (Fsp3) is 0.636. The van der Waals surface area contributed by atoms with Crippen molar-refractivity contribution in [2.45, 2.75) is 45.7 Å². The van der Waals surface area contributed by atoms with Crippen LogP contribution in [0.15, 0.2) is 12.1 Å². The number of nitrogens with one attached hydrogen (secondary N) is 1. The quantitative estimate of drug-likeness (QED) is 0.823. The van der Waals surface area contributed by atoms with Gasteiger partial charge in [0.15, 0.2) is 0 Å². The first-order chi connectivity index (χ1) is 6.99. The molecular formula is C11H17F2NS. The van der Waals surface area contributed by atoms with E-state index < -0.39 is 12.5 Å². The Balaban J connectivity index is 2.39. The molecule has 0 bridgehead atoms. The Bertz CT molecular complexity index is 299. The maximum atomic E-state index is 12.3. The average Bonchev–Trinajstić information content (AvgIpc) is 2.50. The van der Waals surface area contributed by atoms with Crippen LogP contribution in [0, 0.1) is 6.92 Å². The van der Waals surface area contributed by atoms with E-state index in [4.69, 9.17) is 0 Å². The van der Waals surface area contributed by atoms with Crippen LogP contribution in [0.3, 0.4) is 0 Å². The van der Waals surface area contributed by atoms with Crippen LogP contribution >= 0.6 is 11.3 Å². The molecule has 0 radical (unpaired) electrons. The van der Waals surface area contributed by atoms with E-state index in [1.807, 2.05) is 13.8 Å². The van der Waals surface area contributed by atoms with Crippen LogP contribution in [-0.4, -0.2) is 18.5 Å². The summed E-state index contributed by atoms with van der Waals surface area (Å²) >= 11 is 1.72. The number of hydrogen-bond donors (Lipinski definition) is 1. The van der Waals surface area contributed by atoms with Gasteiger partial charge in [-0.05, 0) is 39.3 Å². The molecule has 0 aromatic carbocycles. The van der Waals surface area contributed by atoms with Gasteiger partial charge in [-0.3, -0.25) is 0 Å². The van der Waals surface area contributed by atoms with Crippen LogP contribution in [0.5, 0.6) is 0 Å². The zero-order chi connectivity index (χ0) is 11.4. The summed E-state index contributed by atoms with van der Waals surface area (Å²) in [4.78, 5) is 2.51. The predicted molar refractivity (Wildman–Crippen MR) is 60.8 cm³/mol. The Labute approximate surface area is 93.5 Å². The third-order valence-electron chi connectivity index (χ3n) is 2.23. The Hall–Kier alpha value is -0.480. The van der Waals surface area contributed by atoms with Crippen LogP contribution in [0.2, 0.25) is 0 Å². The maximum Gasteiger partial charge on any atom is 0.253 e. The van der Waals surface area contributed by atoms with Crippen molar-refractivity contribution in [3.05, 3.63) is 21.9 Å². The largest absolute Gasteiger partial charge is 0.306 e. The van der Waals surface area contributed by atoms with Crippen LogP contribution < -0.4 is 5.32 Å². The standard InChI is InChI=1S/C11H17F2NS/c1-7(14-9(3)11(12)13)6-10-5-4-8(2)15-10/h4-5,7,9,11,14H,6H2,1-3H3. The zero-order valence-corrected chi connectivity index (χ0v) is 10.1. The maximum absolute atomic E-state index is 12.3. The van der Waals surface area contributed by atoms with Gasteiger partial charge in [0.1, 0.15) is 0 Å². The van der Waals surface area contributed by atoms with Gasteiger partial charge >= 0.3 is 0 Å². The molecule has 0 aliphatic heterocycles. The molecular weight excluding hydrogens is 216 g/mol. The van der Waals surface area contributed by atoms with Crippen molar-refractivity contribution in [3.63, 3.8) is 0 Å². The topological polar surface area (TPSA) is 12.0 Å². The number of rotatable bonds is 5. The smallest absolute Gasteiger partial charge is 0.253 e. The molecule has 86 valence electrons. The second-order valence-electron chi connectivity index (χ2n) is 3.91. The summed E-state index contributed by atoms with van der Waals surface area (Å²) in [5, 5.41) is 2.89. The summed E-state index contributed by atoms with van der Waals surface area (Å²) in [5.41, 5.74) is 0. The normalized spacial score (nSPS) is 15.6. The molecule has 2 atom stereocenters. The van der Waals surface area contributed by atoms with Crippen molar-refractivity contribution >= 4 is 11.3 Å². The Morgan fingerprint density at radius 3 is 2.47 bits per heavy atom. The first-order valence-electron chi connectivity index (χ1n) is 5.08. The van der Waals surface area contributed by atoms with Crippen molar-refractivity contribution < 1.29 is 8.78 Å². The van der Waals surface area contributed by atoms with Crippen LogP contribution in [0.4, 0.5) is 8.78 Å². The van der Waals surface area contributed by atoms with Crippen LogP contribution in [0.1, 0.15) is 23.6 Å². The lowest BCUT2D eigenvalue weighted by molar-refractivity contribution is 0.101. The van der Waals surface area contributed by atoms with Gasteiger partial charge in [0.25, 0.3) is 6.43 Å². The molecule has 0 aliphatic rings. The van der Waals surface area contributed by atoms with Gasteiger partial charge in [0.05, 0.1) is 6.04 Å². The summed E-state index contributed by atoms with van der Waals surface area (Å²) in [7, 11) is 0. The molecule has 1 aromatic rings. The van der Waals surface area contributed by atoms with Gasteiger partial charge in [-0.25, -0.2) is 8.78 Å². The van der Waals surface area contributed by atoms with Gasteiger partial charge < -0.3 is 5.32 Å². The second-order valence-corrected chi connectivity index (χ2v) is 5.28. The molecule has 2 unspecified atom stereocenters. The highest BCUT2D eigenvalue weighted by molar-refractivity contribution is 7.11. The Kier molecular flexibility index (Phi) is 4.67. The van der Waals surface area contributed by atoms with E-state index in [9.17, 15) is 8.78 Å². The van der Waals surface area contributed by atoms with Crippen molar-refractivity contribution in [1.29, 1.82) is 0 Å². The van der Waals surface area contributed by atoms with Gasteiger partial charge in [-0.2, -0.15) is 0 Å². The molecule has 0 spiro atoms. The molecule has 15 heavy (non-hydrogen) atoms. The van der Waals surface area contributed by atoms with Gasteiger partial charge in [-0.1, -0.05) is 0 Å². The molecule has 1 nitrogen and oxygen atoms in total. The summed E-state index contributed by atoms with van der Waals surface area (Å²) in [5.74, 6) is 0. The molecule has 0 saturated heterocycles. The lowest BCUT2D eigenvalue weighted by Crippen LogP contribution is -2.40.